The second kappa shape index (κ2) is 5.74. The minimum atomic E-state index is -1.17. The first-order valence-electron chi connectivity index (χ1n) is 6.30. The first-order chi connectivity index (χ1) is 9.97. The van der Waals surface area contributed by atoms with Gasteiger partial charge in [0.15, 0.2) is 0 Å². The highest BCUT2D eigenvalue weighted by atomic mass is 16.5. The maximum Gasteiger partial charge on any atom is 0.305 e. The number of imide groups is 1. The van der Waals surface area contributed by atoms with Crippen molar-refractivity contribution in [2.24, 2.45) is 5.73 Å². The fourth-order valence-electron chi connectivity index (χ4n) is 2.25. The van der Waals surface area contributed by atoms with Crippen molar-refractivity contribution in [3.8, 4) is 0 Å². The van der Waals surface area contributed by atoms with Crippen LogP contribution in [0.4, 0.5) is 0 Å². The molecule has 0 saturated carbocycles. The molecule has 3 amide bonds. The van der Waals surface area contributed by atoms with E-state index in [2.05, 4.69) is 4.74 Å². The molecule has 0 radical (unpaired) electrons. The summed E-state index contributed by atoms with van der Waals surface area (Å²) in [5, 5.41) is 0. The Labute approximate surface area is 120 Å². The molecule has 1 unspecified atom stereocenters. The van der Waals surface area contributed by atoms with Crippen LogP contribution in [0.15, 0.2) is 24.3 Å². The number of rotatable bonds is 5. The van der Waals surface area contributed by atoms with Crippen molar-refractivity contribution in [2.75, 3.05) is 7.11 Å². The van der Waals surface area contributed by atoms with E-state index in [-0.39, 0.29) is 24.0 Å². The van der Waals surface area contributed by atoms with E-state index in [9.17, 15) is 19.2 Å². The molecule has 1 heterocycles. The summed E-state index contributed by atoms with van der Waals surface area (Å²) in [7, 11) is 1.21. The van der Waals surface area contributed by atoms with E-state index >= 15 is 0 Å². The highest BCUT2D eigenvalue weighted by Crippen LogP contribution is 2.25. The number of benzene rings is 1. The molecular weight excluding hydrogens is 276 g/mol. The van der Waals surface area contributed by atoms with Crippen LogP contribution in [-0.2, 0) is 14.3 Å². The Morgan fingerprint density at radius 2 is 1.71 bits per heavy atom. The van der Waals surface area contributed by atoms with E-state index in [1.165, 1.54) is 19.2 Å². The smallest absolute Gasteiger partial charge is 0.305 e. The van der Waals surface area contributed by atoms with E-state index in [1.54, 1.807) is 12.1 Å². The normalized spacial score (nSPS) is 14.8. The van der Waals surface area contributed by atoms with Crippen LogP contribution in [0.1, 0.15) is 33.6 Å². The van der Waals surface area contributed by atoms with Gasteiger partial charge in [-0.2, -0.15) is 0 Å². The van der Waals surface area contributed by atoms with Crippen LogP contribution in [0.2, 0.25) is 0 Å². The number of esters is 1. The van der Waals surface area contributed by atoms with Gasteiger partial charge < -0.3 is 10.5 Å². The highest BCUT2D eigenvalue weighted by molar-refractivity contribution is 6.22. The van der Waals surface area contributed by atoms with Crippen LogP contribution in [0, 0.1) is 0 Å². The van der Waals surface area contributed by atoms with E-state index < -0.39 is 29.7 Å². The van der Waals surface area contributed by atoms with Gasteiger partial charge in [-0.3, -0.25) is 24.1 Å². The standard InChI is InChI=1S/C14H14N2O5/c1-21-11(17)7-6-10(12(15)18)16-13(19)8-4-2-3-5-9(8)14(16)20/h2-5,10H,6-7H2,1H3,(H2,15,18). The van der Waals surface area contributed by atoms with Gasteiger partial charge in [-0.1, -0.05) is 12.1 Å². The van der Waals surface area contributed by atoms with Gasteiger partial charge in [-0.05, 0) is 18.6 Å². The maximum atomic E-state index is 12.2. The highest BCUT2D eigenvalue weighted by Gasteiger charge is 2.41. The van der Waals surface area contributed by atoms with Crippen molar-refractivity contribution in [2.45, 2.75) is 18.9 Å². The van der Waals surface area contributed by atoms with Gasteiger partial charge in [-0.15, -0.1) is 0 Å². The van der Waals surface area contributed by atoms with Crippen LogP contribution in [0.3, 0.4) is 0 Å². The molecule has 7 nitrogen and oxygen atoms in total. The molecular formula is C14H14N2O5. The zero-order valence-electron chi connectivity index (χ0n) is 11.4. The van der Waals surface area contributed by atoms with Crippen LogP contribution in [0.25, 0.3) is 0 Å². The largest absolute Gasteiger partial charge is 0.469 e. The molecule has 0 saturated heterocycles. The molecule has 2 rings (SSSR count). The van der Waals surface area contributed by atoms with E-state index in [1.807, 2.05) is 0 Å². The van der Waals surface area contributed by atoms with Crippen molar-refractivity contribution >= 4 is 23.7 Å². The van der Waals surface area contributed by atoms with Gasteiger partial charge in [-0.25, -0.2) is 0 Å². The quantitative estimate of drug-likeness (QED) is 0.611. The molecule has 0 fully saturated rings. The number of amides is 3. The molecule has 0 aromatic heterocycles. The van der Waals surface area contributed by atoms with Crippen molar-refractivity contribution in [3.05, 3.63) is 35.4 Å². The third-order valence-electron chi connectivity index (χ3n) is 3.32. The number of carbonyl (C=O) groups is 4. The second-order valence-corrected chi connectivity index (χ2v) is 4.56. The Morgan fingerprint density at radius 3 is 2.14 bits per heavy atom. The number of hydrogen-bond donors (Lipinski definition) is 1. The van der Waals surface area contributed by atoms with Crippen LogP contribution in [0.5, 0.6) is 0 Å². The summed E-state index contributed by atoms with van der Waals surface area (Å²) in [5.74, 6) is -2.54. The predicted molar refractivity (Wildman–Crippen MR) is 71.2 cm³/mol. The summed E-state index contributed by atoms with van der Waals surface area (Å²) >= 11 is 0. The third-order valence-corrected chi connectivity index (χ3v) is 3.32. The lowest BCUT2D eigenvalue weighted by Gasteiger charge is -2.22. The van der Waals surface area contributed by atoms with Crippen molar-refractivity contribution in [1.82, 2.24) is 4.90 Å². The summed E-state index contributed by atoms with van der Waals surface area (Å²) in [4.78, 5) is 48.0. The lowest BCUT2D eigenvalue weighted by atomic mass is 10.1. The Hall–Kier alpha value is -2.70. The number of methoxy groups -OCH3 is 1. The Morgan fingerprint density at radius 1 is 1.19 bits per heavy atom. The van der Waals surface area contributed by atoms with E-state index in [0.29, 0.717) is 0 Å². The minimum absolute atomic E-state index is 0.0620. The third kappa shape index (κ3) is 2.62. The summed E-state index contributed by atoms with van der Waals surface area (Å²) < 4.78 is 4.48. The summed E-state index contributed by atoms with van der Waals surface area (Å²) in [6.45, 7) is 0. The Balaban J connectivity index is 2.27. The summed E-state index contributed by atoms with van der Waals surface area (Å²) in [6.07, 6.45) is -0.176. The number of ether oxygens (including phenoxy) is 1. The number of nitrogens with two attached hydrogens (primary N) is 1. The van der Waals surface area contributed by atoms with Gasteiger partial charge in [0.2, 0.25) is 5.91 Å². The molecule has 2 N–H and O–H groups in total. The average molecular weight is 290 g/mol. The first-order valence-corrected chi connectivity index (χ1v) is 6.30. The molecule has 1 aliphatic rings. The number of nitrogens with zero attached hydrogens (tertiary/aromatic N) is 1. The van der Waals surface area contributed by atoms with Crippen molar-refractivity contribution in [1.29, 1.82) is 0 Å². The summed E-state index contributed by atoms with van der Waals surface area (Å²) in [6, 6.07) is 5.10. The molecule has 1 aromatic rings. The molecule has 0 bridgehead atoms. The molecule has 0 spiro atoms. The maximum absolute atomic E-state index is 12.2. The second-order valence-electron chi connectivity index (χ2n) is 4.56. The lowest BCUT2D eigenvalue weighted by Crippen LogP contribution is -2.48. The van der Waals surface area contributed by atoms with Gasteiger partial charge in [0.1, 0.15) is 6.04 Å². The number of carbonyl (C=O) groups excluding carboxylic acids is 4. The van der Waals surface area contributed by atoms with Crippen molar-refractivity contribution in [3.63, 3.8) is 0 Å². The molecule has 1 atom stereocenters. The molecule has 1 aliphatic heterocycles. The van der Waals surface area contributed by atoms with Gasteiger partial charge >= 0.3 is 5.97 Å². The Kier molecular flexibility index (Phi) is 4.02. The fraction of sp³-hybridized carbons (Fsp3) is 0.286. The fourth-order valence-corrected chi connectivity index (χ4v) is 2.25. The number of primary amides is 1. The topological polar surface area (TPSA) is 107 Å². The van der Waals surface area contributed by atoms with Crippen LogP contribution >= 0.6 is 0 Å². The van der Waals surface area contributed by atoms with Gasteiger partial charge in [0.25, 0.3) is 11.8 Å². The molecule has 7 heteroatoms. The zero-order valence-corrected chi connectivity index (χ0v) is 11.4. The Bertz CT molecular complexity index is 591. The minimum Gasteiger partial charge on any atom is -0.469 e. The summed E-state index contributed by atoms with van der Waals surface area (Å²) in [5.41, 5.74) is 5.72. The van der Waals surface area contributed by atoms with Crippen molar-refractivity contribution < 1.29 is 23.9 Å². The molecule has 21 heavy (non-hydrogen) atoms. The monoisotopic (exact) mass is 290 g/mol. The number of hydrogen-bond acceptors (Lipinski definition) is 5. The molecule has 1 aromatic carbocycles. The zero-order chi connectivity index (χ0) is 15.6. The molecule has 0 aliphatic carbocycles. The molecule has 110 valence electrons. The van der Waals surface area contributed by atoms with Crippen LogP contribution in [-0.4, -0.2) is 41.7 Å². The number of fused-ring (bicyclic) bond motifs is 1. The average Bonchev–Trinajstić information content (AvgIpc) is 2.72. The van der Waals surface area contributed by atoms with E-state index in [0.717, 1.165) is 4.90 Å². The van der Waals surface area contributed by atoms with Gasteiger partial charge in [0.05, 0.1) is 18.2 Å². The lowest BCUT2D eigenvalue weighted by molar-refractivity contribution is -0.141. The van der Waals surface area contributed by atoms with Crippen LogP contribution < -0.4 is 5.73 Å². The van der Waals surface area contributed by atoms with Gasteiger partial charge in [0, 0.05) is 6.42 Å². The first kappa shape index (κ1) is 14.7. The van der Waals surface area contributed by atoms with E-state index in [4.69, 9.17) is 5.73 Å². The predicted octanol–water partition coefficient (Wildman–Crippen LogP) is 0.0897. The SMILES string of the molecule is COC(=O)CCC(C(N)=O)N1C(=O)c2ccccc2C1=O.